The zero-order chi connectivity index (χ0) is 13.6. The predicted molar refractivity (Wildman–Crippen MR) is 79.1 cm³/mol. The Bertz CT molecular complexity index is 574. The summed E-state index contributed by atoms with van der Waals surface area (Å²) in [6.07, 6.45) is 0. The van der Waals surface area contributed by atoms with Crippen LogP contribution in [0.3, 0.4) is 0 Å². The van der Waals surface area contributed by atoms with Gasteiger partial charge < -0.3 is 4.74 Å². The van der Waals surface area contributed by atoms with Crippen LogP contribution in [0.2, 0.25) is 0 Å². The highest BCUT2D eigenvalue weighted by atomic mass is 16.5. The molecule has 0 amide bonds. The van der Waals surface area contributed by atoms with Gasteiger partial charge in [0.1, 0.15) is 11.5 Å². The molecule has 0 aromatic heterocycles. The minimum absolute atomic E-state index is 0.429. The molecule has 0 aliphatic carbocycles. The molecule has 0 bridgehead atoms. The average molecular weight is 252 g/mol. The molecule has 0 atom stereocenters. The van der Waals surface area contributed by atoms with Gasteiger partial charge in [-0.05, 0) is 30.9 Å². The number of aryl methyl sites for hydroxylation is 2. The molecule has 0 N–H and O–H groups in total. The first-order chi connectivity index (χ1) is 9.09. The Kier molecular flexibility index (Phi) is 2.85. The van der Waals surface area contributed by atoms with Crippen LogP contribution in [-0.2, 0) is 0 Å². The number of benzene rings is 2. The molecular formula is C18H20O. The summed E-state index contributed by atoms with van der Waals surface area (Å²) in [7, 11) is 0. The molecule has 0 saturated heterocycles. The van der Waals surface area contributed by atoms with Gasteiger partial charge in [0.2, 0.25) is 0 Å². The summed E-state index contributed by atoms with van der Waals surface area (Å²) in [5, 5.41) is 0. The minimum atomic E-state index is 0.429. The monoisotopic (exact) mass is 252 g/mol. The van der Waals surface area contributed by atoms with Crippen molar-refractivity contribution in [2.45, 2.75) is 33.6 Å². The van der Waals surface area contributed by atoms with E-state index in [-0.39, 0.29) is 0 Å². The van der Waals surface area contributed by atoms with E-state index in [9.17, 15) is 0 Å². The van der Waals surface area contributed by atoms with E-state index < -0.39 is 0 Å². The van der Waals surface area contributed by atoms with Crippen molar-refractivity contribution >= 4 is 0 Å². The van der Waals surface area contributed by atoms with E-state index in [0.717, 1.165) is 11.5 Å². The lowest BCUT2D eigenvalue weighted by molar-refractivity contribution is 0.414. The van der Waals surface area contributed by atoms with Gasteiger partial charge in [-0.3, -0.25) is 0 Å². The number of rotatable bonds is 1. The molecule has 2 aromatic carbocycles. The Morgan fingerprint density at radius 3 is 1.74 bits per heavy atom. The highest BCUT2D eigenvalue weighted by Gasteiger charge is 2.30. The van der Waals surface area contributed by atoms with E-state index >= 15 is 0 Å². The molecule has 2 aromatic rings. The number of fused-ring (bicyclic) bond motifs is 2. The maximum absolute atomic E-state index is 6.22. The second kappa shape index (κ2) is 4.41. The highest BCUT2D eigenvalue weighted by Crippen LogP contribution is 2.49. The number of para-hydroxylation sites is 2. The van der Waals surface area contributed by atoms with Crippen molar-refractivity contribution in [3.05, 3.63) is 58.7 Å². The standard InChI is InChI=1S/C18H20O/c1-11(2)16-14-9-5-7-12(3)17(14)19-18-13(4)8-6-10-15(16)18/h5-11,16H,1-4H3. The first kappa shape index (κ1) is 12.3. The number of hydrogen-bond donors (Lipinski definition) is 0. The van der Waals surface area contributed by atoms with Crippen LogP contribution in [0.5, 0.6) is 11.5 Å². The number of ether oxygens (including phenoxy) is 1. The van der Waals surface area contributed by atoms with Crippen LogP contribution in [0.15, 0.2) is 36.4 Å². The van der Waals surface area contributed by atoms with Crippen LogP contribution in [-0.4, -0.2) is 0 Å². The summed E-state index contributed by atoms with van der Waals surface area (Å²) < 4.78 is 6.22. The molecule has 19 heavy (non-hydrogen) atoms. The van der Waals surface area contributed by atoms with E-state index in [0.29, 0.717) is 11.8 Å². The first-order valence-electron chi connectivity index (χ1n) is 6.96. The molecule has 98 valence electrons. The van der Waals surface area contributed by atoms with E-state index in [1.807, 2.05) is 0 Å². The average Bonchev–Trinajstić information content (AvgIpc) is 2.37. The fourth-order valence-electron chi connectivity index (χ4n) is 3.11. The molecular weight excluding hydrogens is 232 g/mol. The first-order valence-corrected chi connectivity index (χ1v) is 6.96. The zero-order valence-electron chi connectivity index (χ0n) is 12.0. The Balaban J connectivity index is 2.27. The molecule has 0 saturated carbocycles. The molecule has 3 rings (SSSR count). The van der Waals surface area contributed by atoms with Crippen molar-refractivity contribution in [2.24, 2.45) is 5.92 Å². The van der Waals surface area contributed by atoms with E-state index in [4.69, 9.17) is 4.74 Å². The van der Waals surface area contributed by atoms with Gasteiger partial charge in [-0.25, -0.2) is 0 Å². The van der Waals surface area contributed by atoms with Crippen LogP contribution < -0.4 is 4.74 Å². The molecule has 0 fully saturated rings. The fourth-order valence-corrected chi connectivity index (χ4v) is 3.11. The number of hydrogen-bond acceptors (Lipinski definition) is 1. The highest BCUT2D eigenvalue weighted by molar-refractivity contribution is 5.58. The van der Waals surface area contributed by atoms with Crippen molar-refractivity contribution in [1.82, 2.24) is 0 Å². The van der Waals surface area contributed by atoms with Gasteiger partial charge in [-0.1, -0.05) is 50.2 Å². The van der Waals surface area contributed by atoms with E-state index in [1.165, 1.54) is 22.3 Å². The third kappa shape index (κ3) is 1.85. The van der Waals surface area contributed by atoms with Gasteiger partial charge in [0, 0.05) is 17.0 Å². The van der Waals surface area contributed by atoms with Gasteiger partial charge in [-0.15, -0.1) is 0 Å². The normalized spacial score (nSPS) is 13.9. The van der Waals surface area contributed by atoms with Gasteiger partial charge in [0.05, 0.1) is 0 Å². The smallest absolute Gasteiger partial charge is 0.134 e. The minimum Gasteiger partial charge on any atom is -0.456 e. The third-order valence-corrected chi connectivity index (χ3v) is 4.03. The quantitative estimate of drug-likeness (QED) is 0.678. The lowest BCUT2D eigenvalue weighted by Crippen LogP contribution is -2.16. The van der Waals surface area contributed by atoms with Crippen LogP contribution >= 0.6 is 0 Å². The zero-order valence-corrected chi connectivity index (χ0v) is 12.0. The molecule has 0 radical (unpaired) electrons. The molecule has 0 unspecified atom stereocenters. The van der Waals surface area contributed by atoms with E-state index in [2.05, 4.69) is 64.1 Å². The van der Waals surface area contributed by atoms with Crippen molar-refractivity contribution in [1.29, 1.82) is 0 Å². The van der Waals surface area contributed by atoms with Crippen molar-refractivity contribution < 1.29 is 4.74 Å². The SMILES string of the molecule is Cc1cccc2c1Oc1c(C)cccc1C2C(C)C. The van der Waals surface area contributed by atoms with Crippen LogP contribution in [0.1, 0.15) is 42.0 Å². The topological polar surface area (TPSA) is 9.23 Å². The second-order valence-electron chi connectivity index (χ2n) is 5.81. The van der Waals surface area contributed by atoms with Gasteiger partial charge >= 0.3 is 0 Å². The summed E-state index contributed by atoms with van der Waals surface area (Å²) in [6, 6.07) is 12.9. The Morgan fingerprint density at radius 1 is 0.842 bits per heavy atom. The Labute approximate surface area is 115 Å². The second-order valence-corrected chi connectivity index (χ2v) is 5.81. The largest absolute Gasteiger partial charge is 0.456 e. The predicted octanol–water partition coefficient (Wildman–Crippen LogP) is 5.20. The molecule has 1 aliphatic heterocycles. The van der Waals surface area contributed by atoms with Crippen molar-refractivity contribution in [3.8, 4) is 11.5 Å². The van der Waals surface area contributed by atoms with Crippen molar-refractivity contribution in [3.63, 3.8) is 0 Å². The van der Waals surface area contributed by atoms with Crippen molar-refractivity contribution in [2.75, 3.05) is 0 Å². The maximum atomic E-state index is 6.22. The fraction of sp³-hybridized carbons (Fsp3) is 0.333. The molecule has 0 spiro atoms. The molecule has 1 nitrogen and oxygen atoms in total. The van der Waals surface area contributed by atoms with Crippen LogP contribution in [0.4, 0.5) is 0 Å². The van der Waals surface area contributed by atoms with Crippen LogP contribution in [0.25, 0.3) is 0 Å². The molecule has 1 heteroatoms. The summed E-state index contributed by atoms with van der Waals surface area (Å²) >= 11 is 0. The summed E-state index contributed by atoms with van der Waals surface area (Å²) in [4.78, 5) is 0. The lowest BCUT2D eigenvalue weighted by atomic mass is 9.79. The summed E-state index contributed by atoms with van der Waals surface area (Å²) in [6.45, 7) is 8.82. The maximum Gasteiger partial charge on any atom is 0.134 e. The molecule has 1 aliphatic rings. The van der Waals surface area contributed by atoms with Gasteiger partial charge in [0.25, 0.3) is 0 Å². The lowest BCUT2D eigenvalue weighted by Gasteiger charge is -2.32. The Morgan fingerprint density at radius 2 is 1.32 bits per heavy atom. The summed E-state index contributed by atoms with van der Waals surface area (Å²) in [5.41, 5.74) is 5.09. The van der Waals surface area contributed by atoms with Crippen LogP contribution in [0, 0.1) is 19.8 Å². The Hall–Kier alpha value is -1.76. The third-order valence-electron chi connectivity index (χ3n) is 4.03. The van der Waals surface area contributed by atoms with Gasteiger partial charge in [-0.2, -0.15) is 0 Å². The summed E-state index contributed by atoms with van der Waals surface area (Å²) in [5.74, 6) is 3.11. The molecule has 1 heterocycles. The van der Waals surface area contributed by atoms with Gasteiger partial charge in [0.15, 0.2) is 0 Å². The van der Waals surface area contributed by atoms with E-state index in [1.54, 1.807) is 0 Å².